The average Bonchev–Trinajstić information content (AvgIpc) is 2.41. The van der Waals surface area contributed by atoms with Crippen LogP contribution in [-0.2, 0) is 0 Å². The maximum absolute atomic E-state index is 11.6. The quantitative estimate of drug-likeness (QED) is 0.456. The van der Waals surface area contributed by atoms with Crippen LogP contribution in [0.5, 0.6) is 0 Å². The van der Waals surface area contributed by atoms with Gasteiger partial charge in [0.15, 0.2) is 5.52 Å². The van der Waals surface area contributed by atoms with Gasteiger partial charge in [-0.3, -0.25) is 4.79 Å². The zero-order chi connectivity index (χ0) is 13.5. The summed E-state index contributed by atoms with van der Waals surface area (Å²) < 4.78 is 0. The summed E-state index contributed by atoms with van der Waals surface area (Å²) in [6.07, 6.45) is 0. The minimum absolute atomic E-state index is 0. The molecule has 2 aromatic carbocycles. The molecule has 94 valence electrons. The van der Waals surface area contributed by atoms with Crippen molar-refractivity contribution in [2.75, 3.05) is 0 Å². The van der Waals surface area contributed by atoms with Gasteiger partial charge >= 0.3 is 18.9 Å². The van der Waals surface area contributed by atoms with E-state index in [4.69, 9.17) is 0 Å². The number of benzene rings is 2. The number of hydrogen-bond donors (Lipinski definition) is 0. The first-order valence-electron chi connectivity index (χ1n) is 5.85. The van der Waals surface area contributed by atoms with Crippen molar-refractivity contribution in [3.05, 3.63) is 66.6 Å². The number of rotatable bonds is 2. The fourth-order valence-electron chi connectivity index (χ4n) is 1.85. The van der Waals surface area contributed by atoms with Gasteiger partial charge < -0.3 is 6.92 Å². The predicted octanol–water partition coefficient (Wildman–Crippen LogP) is 1.52. The Morgan fingerprint density at radius 2 is 1.58 bits per heavy atom. The molecule has 0 aliphatic rings. The molecule has 1 atom stereocenters. The average molecular weight is 264 g/mol. The molecule has 0 bridgehead atoms. The molecule has 0 heterocycles. The molecule has 0 radical (unpaired) electrons. The number of aryl methyl sites for hydroxylation is 1. The molecule has 0 aliphatic heterocycles. The van der Waals surface area contributed by atoms with Crippen LogP contribution in [0.4, 0.5) is 0 Å². The van der Waals surface area contributed by atoms with Crippen LogP contribution >= 0.6 is 9.24 Å². The Kier molecular flexibility index (Phi) is 8.69. The molecule has 0 spiro atoms. The van der Waals surface area contributed by atoms with Crippen LogP contribution in [0.15, 0.2) is 48.5 Å². The first-order valence-corrected chi connectivity index (χ1v) is 6.43. The van der Waals surface area contributed by atoms with Crippen molar-refractivity contribution >= 4 is 14.8 Å². The number of carbonyl (C=O) groups excluding carboxylic acids is 1. The molecule has 0 aliphatic carbocycles. The molecule has 1 unspecified atom stereocenters. The maximum Gasteiger partial charge on any atom is 1.00 e. The Labute approximate surface area is 130 Å². The summed E-state index contributed by atoms with van der Waals surface area (Å²) in [5.74, 6) is 0. The van der Waals surface area contributed by atoms with E-state index in [-0.39, 0.29) is 24.4 Å². The molecule has 0 fully saturated rings. The molecule has 2 aromatic rings. The van der Waals surface area contributed by atoms with Crippen molar-refractivity contribution in [3.8, 4) is 11.1 Å². The molecule has 19 heavy (non-hydrogen) atoms. The van der Waals surface area contributed by atoms with Gasteiger partial charge in [0.25, 0.3) is 0 Å². The van der Waals surface area contributed by atoms with Gasteiger partial charge in [-0.05, 0) is 23.6 Å². The maximum atomic E-state index is 11.6. The van der Waals surface area contributed by atoms with Crippen molar-refractivity contribution in [2.45, 2.75) is 13.8 Å². The van der Waals surface area contributed by atoms with Crippen LogP contribution in [-0.4, -0.2) is 5.52 Å². The number of carbonyl (C=O) groups is 1. The fraction of sp³-hybridized carbons (Fsp3) is 0.125. The molecule has 0 N–H and O–H groups in total. The topological polar surface area (TPSA) is 17.1 Å². The van der Waals surface area contributed by atoms with Crippen LogP contribution in [0, 0.1) is 13.8 Å². The van der Waals surface area contributed by atoms with E-state index >= 15 is 0 Å². The van der Waals surface area contributed by atoms with Crippen molar-refractivity contribution in [3.63, 3.8) is 0 Å². The third-order valence-electron chi connectivity index (χ3n) is 2.60. The van der Waals surface area contributed by atoms with E-state index in [9.17, 15) is 4.79 Å². The fourth-order valence-corrected chi connectivity index (χ4v) is 2.24. The van der Waals surface area contributed by atoms with E-state index in [0.717, 1.165) is 22.3 Å². The number of hydrogen-bond acceptors (Lipinski definition) is 1. The van der Waals surface area contributed by atoms with E-state index in [1.165, 1.54) is 0 Å². The van der Waals surface area contributed by atoms with Gasteiger partial charge in [0.1, 0.15) is 0 Å². The van der Waals surface area contributed by atoms with E-state index in [1.807, 2.05) is 55.5 Å². The second-order valence-corrected chi connectivity index (χ2v) is 4.25. The monoisotopic (exact) mass is 264 g/mol. The predicted molar refractivity (Wildman–Crippen MR) is 81.7 cm³/mol. The van der Waals surface area contributed by atoms with Gasteiger partial charge in [-0.2, -0.15) is 6.92 Å². The minimum Gasteiger partial charge on any atom is -0.346 e. The van der Waals surface area contributed by atoms with Gasteiger partial charge in [-0.15, -0.1) is 0 Å². The Balaban J connectivity index is 0.00000103. The molecule has 0 saturated carbocycles. The van der Waals surface area contributed by atoms with Crippen molar-refractivity contribution in [1.82, 2.24) is 0 Å². The van der Waals surface area contributed by atoms with Crippen LogP contribution in [0.2, 0.25) is 0 Å². The Hall–Kier alpha value is -0.863. The molecule has 0 amide bonds. The summed E-state index contributed by atoms with van der Waals surface area (Å²) in [4.78, 5) is 11.6. The van der Waals surface area contributed by atoms with Gasteiger partial charge in [0, 0.05) is 5.56 Å². The van der Waals surface area contributed by atoms with E-state index in [2.05, 4.69) is 16.2 Å². The first kappa shape index (κ1) is 18.1. The van der Waals surface area contributed by atoms with E-state index < -0.39 is 0 Å². The van der Waals surface area contributed by atoms with E-state index in [1.54, 1.807) is 6.92 Å². The third-order valence-corrected chi connectivity index (χ3v) is 2.89. The van der Waals surface area contributed by atoms with Crippen LogP contribution in [0.25, 0.3) is 11.1 Å². The van der Waals surface area contributed by atoms with Crippen molar-refractivity contribution < 1.29 is 23.7 Å². The second kappa shape index (κ2) is 9.11. The third kappa shape index (κ3) is 4.63. The Morgan fingerprint density at radius 1 is 1.00 bits per heavy atom. The minimum atomic E-state index is 0. The summed E-state index contributed by atoms with van der Waals surface area (Å²) in [5, 5.41) is 0. The SMILES string of the molecule is Cc1cccc(-c2ccccc2)c1C(=O)P.[CH2-]C.[Li+]. The molecule has 0 aromatic heterocycles. The van der Waals surface area contributed by atoms with Crippen molar-refractivity contribution in [2.24, 2.45) is 0 Å². The zero-order valence-corrected chi connectivity index (χ0v) is 13.0. The first-order chi connectivity index (χ1) is 8.70. The normalized spacial score (nSPS) is 8.84. The Morgan fingerprint density at radius 3 is 2.11 bits per heavy atom. The molecular formula is C16H18LiOP. The van der Waals surface area contributed by atoms with Gasteiger partial charge in [-0.25, -0.2) is 0 Å². The molecule has 1 nitrogen and oxygen atoms in total. The zero-order valence-electron chi connectivity index (χ0n) is 11.8. The van der Waals surface area contributed by atoms with Gasteiger partial charge in [-0.1, -0.05) is 57.8 Å². The molecular weight excluding hydrogens is 246 g/mol. The van der Waals surface area contributed by atoms with Crippen molar-refractivity contribution in [1.29, 1.82) is 0 Å². The summed E-state index contributed by atoms with van der Waals surface area (Å²) in [7, 11) is 2.25. The molecule has 2 rings (SSSR count). The van der Waals surface area contributed by atoms with Gasteiger partial charge in [0.05, 0.1) is 0 Å². The summed E-state index contributed by atoms with van der Waals surface area (Å²) >= 11 is 0. The molecule has 3 heteroatoms. The standard InChI is InChI=1S/C14H13OP.C2H5.Li/c1-10-6-5-9-12(13(10)14(15)16)11-7-3-2-4-8-11;1-2;/h2-9H,16H2,1H3;1H2,2H3;/q;-1;+1. The van der Waals surface area contributed by atoms with Crippen LogP contribution in [0.1, 0.15) is 22.8 Å². The van der Waals surface area contributed by atoms with Gasteiger partial charge in [0.2, 0.25) is 0 Å². The smallest absolute Gasteiger partial charge is 0.346 e. The summed E-state index contributed by atoms with van der Waals surface area (Å²) in [6, 6.07) is 15.9. The summed E-state index contributed by atoms with van der Waals surface area (Å²) in [6.45, 7) is 6.96. The Bertz CT molecular complexity index is 524. The molecule has 0 saturated heterocycles. The largest absolute Gasteiger partial charge is 1.00 e. The summed E-state index contributed by atoms with van der Waals surface area (Å²) in [5.41, 5.74) is 3.93. The van der Waals surface area contributed by atoms with Crippen LogP contribution < -0.4 is 18.9 Å². The van der Waals surface area contributed by atoms with Crippen LogP contribution in [0.3, 0.4) is 0 Å². The second-order valence-electron chi connectivity index (χ2n) is 3.73. The van der Waals surface area contributed by atoms with E-state index in [0.29, 0.717) is 0 Å².